The van der Waals surface area contributed by atoms with E-state index in [1.54, 1.807) is 0 Å². The highest BCUT2D eigenvalue weighted by Crippen LogP contribution is 2.47. The maximum absolute atomic E-state index is 2.59. The average Bonchev–Trinajstić information content (AvgIpc) is 4.07. The maximum atomic E-state index is 2.59. The summed E-state index contributed by atoms with van der Waals surface area (Å²) < 4.78 is 5.18. The zero-order valence-corrected chi connectivity index (χ0v) is 50.4. The summed E-state index contributed by atoms with van der Waals surface area (Å²) in [5, 5.41) is 2.45. The van der Waals surface area contributed by atoms with E-state index in [2.05, 4.69) is 327 Å². The van der Waals surface area contributed by atoms with Crippen LogP contribution in [0.3, 0.4) is 0 Å². The van der Waals surface area contributed by atoms with E-state index in [0.29, 0.717) is 0 Å². The fraction of sp³-hybridized carbons (Fsp3) is 0.237. The number of fused-ring (bicyclic) bond motifs is 4. The van der Waals surface area contributed by atoms with Gasteiger partial charge in [-0.3, -0.25) is 0 Å². The van der Waals surface area contributed by atoms with Gasteiger partial charge in [-0.15, -0.1) is 0 Å². The molecular formula is C76H76BN5. The Labute approximate surface area is 487 Å². The molecule has 2 aliphatic rings. The van der Waals surface area contributed by atoms with Crippen LogP contribution in [-0.2, 0) is 21.7 Å². The molecule has 0 saturated heterocycles. The molecule has 11 aromatic rings. The van der Waals surface area contributed by atoms with E-state index in [4.69, 9.17) is 0 Å². The Hall–Kier alpha value is -8.48. The van der Waals surface area contributed by atoms with Gasteiger partial charge in [-0.1, -0.05) is 180 Å². The lowest BCUT2D eigenvalue weighted by Crippen LogP contribution is -2.59. The summed E-state index contributed by atoms with van der Waals surface area (Å²) in [6.45, 7) is 32.1. The van der Waals surface area contributed by atoms with E-state index in [1.165, 1.54) is 83.2 Å². The largest absolute Gasteiger partial charge is 0.315 e. The first kappa shape index (κ1) is 52.9. The molecule has 0 N–H and O–H groups in total. The average molecular weight is 1070 g/mol. The number of hydrogen-bond acceptors (Lipinski definition) is 3. The second-order valence-corrected chi connectivity index (χ2v) is 27.3. The molecule has 13 rings (SSSR count). The first-order valence-electron chi connectivity index (χ1n) is 29.5. The van der Waals surface area contributed by atoms with Crippen molar-refractivity contribution in [2.45, 2.75) is 119 Å². The van der Waals surface area contributed by atoms with Crippen molar-refractivity contribution in [1.82, 2.24) is 9.13 Å². The number of nitrogens with zero attached hydrogens (tertiary/aromatic N) is 5. The molecule has 2 aromatic heterocycles. The molecule has 0 aliphatic carbocycles. The lowest BCUT2D eigenvalue weighted by molar-refractivity contribution is 0.590. The summed E-state index contributed by atoms with van der Waals surface area (Å²) in [6, 6.07) is 78.5. The molecular weight excluding hydrogens is 994 g/mol. The van der Waals surface area contributed by atoms with E-state index in [-0.39, 0.29) is 28.4 Å². The Morgan fingerprint density at radius 2 is 0.598 bits per heavy atom. The minimum Gasteiger partial charge on any atom is -0.315 e. The highest BCUT2D eigenvalue weighted by molar-refractivity contribution is 7.00. The standard InChI is InChI=1S/C76H76BN5/c1-49-45-62-66(81(57-33-25-51(26-34-57)73(3,4)5)58-35-27-52(28-36-58)74(6,7)8)43-41-64-71(62)78(49)68-47-61(80(55-21-17-15-18-22-55)56-23-19-16-20-24-56)48-69-70(68)77(64)65-42-44-67(63-46-50(2)79(69)72(63)65)82(59-37-29-53(30-38-59)75(9,10)11)60-39-31-54(32-40-60)76(12,13)14/h15-48H,1-14H3. The Kier molecular flexibility index (Phi) is 12.3. The van der Waals surface area contributed by atoms with Gasteiger partial charge in [-0.05, 0) is 183 Å². The van der Waals surface area contributed by atoms with E-state index in [0.717, 1.165) is 51.2 Å². The molecule has 0 radical (unpaired) electrons. The number of rotatable bonds is 9. The summed E-state index contributed by atoms with van der Waals surface area (Å²) in [5.74, 6) is 0. The molecule has 6 heteroatoms. The van der Waals surface area contributed by atoms with Crippen molar-refractivity contribution >= 4 is 96.1 Å². The minimum atomic E-state index is -0.0613. The molecule has 2 aliphatic heterocycles. The SMILES string of the molecule is Cc1cc2c(N(c3ccc(C(C)(C)C)cc3)c3ccc(C(C)(C)C)cc3)ccc3c2n1-c1cc(N(c2ccccc2)c2ccccc2)cc2c1B3c1ccc(N(c3ccc(C(C)(C)C)cc3)c3ccc(C(C)(C)C)cc3)c3cc(C)n-2c13. The summed E-state index contributed by atoms with van der Waals surface area (Å²) in [7, 11) is 0. The van der Waals surface area contributed by atoms with Gasteiger partial charge in [-0.25, -0.2) is 0 Å². The second-order valence-electron chi connectivity index (χ2n) is 27.3. The van der Waals surface area contributed by atoms with Crippen molar-refractivity contribution < 1.29 is 0 Å². The summed E-state index contributed by atoms with van der Waals surface area (Å²) in [6.07, 6.45) is 0. The van der Waals surface area contributed by atoms with Crippen LogP contribution in [0.4, 0.5) is 51.2 Å². The first-order chi connectivity index (χ1) is 39.0. The van der Waals surface area contributed by atoms with Gasteiger partial charge in [0.2, 0.25) is 0 Å². The topological polar surface area (TPSA) is 19.6 Å². The van der Waals surface area contributed by atoms with E-state index in [1.807, 2.05) is 0 Å². The number of benzene rings is 9. The van der Waals surface area contributed by atoms with Gasteiger partial charge in [0.25, 0.3) is 6.71 Å². The number of para-hydroxylation sites is 2. The molecule has 9 aromatic carbocycles. The summed E-state index contributed by atoms with van der Waals surface area (Å²) >= 11 is 0. The number of hydrogen-bond donors (Lipinski definition) is 0. The van der Waals surface area contributed by atoms with Crippen molar-refractivity contribution in [3.63, 3.8) is 0 Å². The molecule has 408 valence electrons. The smallest absolute Gasteiger partial charge is 0.252 e. The van der Waals surface area contributed by atoms with Crippen LogP contribution in [0.5, 0.6) is 0 Å². The molecule has 0 bridgehead atoms. The number of aryl methyl sites for hydroxylation is 2. The quantitative estimate of drug-likeness (QED) is 0.134. The molecule has 4 heterocycles. The molecule has 5 nitrogen and oxygen atoms in total. The van der Waals surface area contributed by atoms with Crippen LogP contribution < -0.4 is 31.1 Å². The van der Waals surface area contributed by atoms with Gasteiger partial charge in [-0.2, -0.15) is 0 Å². The minimum absolute atomic E-state index is 0.0232. The third-order valence-electron chi connectivity index (χ3n) is 17.6. The van der Waals surface area contributed by atoms with Crippen molar-refractivity contribution in [3.05, 3.63) is 240 Å². The number of aromatic nitrogens is 2. The van der Waals surface area contributed by atoms with Crippen LogP contribution in [-0.4, -0.2) is 15.8 Å². The third kappa shape index (κ3) is 8.76. The molecule has 0 spiro atoms. The maximum Gasteiger partial charge on any atom is 0.252 e. The van der Waals surface area contributed by atoms with Gasteiger partial charge in [0, 0.05) is 67.7 Å². The van der Waals surface area contributed by atoms with Crippen molar-refractivity contribution in [2.75, 3.05) is 14.7 Å². The molecule has 82 heavy (non-hydrogen) atoms. The van der Waals surface area contributed by atoms with Crippen LogP contribution in [0.1, 0.15) is 117 Å². The van der Waals surface area contributed by atoms with Crippen molar-refractivity contribution in [1.29, 1.82) is 0 Å². The monoisotopic (exact) mass is 1070 g/mol. The normalized spacial score (nSPS) is 13.0. The van der Waals surface area contributed by atoms with Crippen LogP contribution in [0.25, 0.3) is 33.2 Å². The van der Waals surface area contributed by atoms with Gasteiger partial charge < -0.3 is 23.8 Å². The van der Waals surface area contributed by atoms with Crippen LogP contribution >= 0.6 is 0 Å². The van der Waals surface area contributed by atoms with Crippen molar-refractivity contribution in [2.24, 2.45) is 0 Å². The molecule has 0 atom stereocenters. The molecule has 0 unspecified atom stereocenters. The lowest BCUT2D eigenvalue weighted by atomic mass is 9.34. The van der Waals surface area contributed by atoms with E-state index < -0.39 is 0 Å². The molecule has 0 fully saturated rings. The fourth-order valence-corrected chi connectivity index (χ4v) is 13.2. The van der Waals surface area contributed by atoms with Crippen LogP contribution in [0, 0.1) is 13.8 Å². The van der Waals surface area contributed by atoms with Gasteiger partial charge in [0.05, 0.1) is 28.1 Å². The van der Waals surface area contributed by atoms with Crippen LogP contribution in [0.2, 0.25) is 0 Å². The molecule has 0 amide bonds. The fourth-order valence-electron chi connectivity index (χ4n) is 13.2. The highest BCUT2D eigenvalue weighted by Gasteiger charge is 2.42. The Morgan fingerprint density at radius 1 is 0.305 bits per heavy atom. The summed E-state index contributed by atoms with van der Waals surface area (Å²) in [5.41, 5.74) is 26.8. The predicted molar refractivity (Wildman–Crippen MR) is 353 cm³/mol. The summed E-state index contributed by atoms with van der Waals surface area (Å²) in [4.78, 5) is 7.42. The Balaban J connectivity index is 1.09. The van der Waals surface area contributed by atoms with E-state index in [9.17, 15) is 0 Å². The highest BCUT2D eigenvalue weighted by atomic mass is 15.2. The van der Waals surface area contributed by atoms with Gasteiger partial charge >= 0.3 is 0 Å². The van der Waals surface area contributed by atoms with Crippen LogP contribution in [0.15, 0.2) is 206 Å². The van der Waals surface area contributed by atoms with Crippen molar-refractivity contribution in [3.8, 4) is 11.4 Å². The Morgan fingerprint density at radius 3 is 0.890 bits per heavy atom. The molecule has 0 saturated carbocycles. The second kappa shape index (κ2) is 19.1. The van der Waals surface area contributed by atoms with Gasteiger partial charge in [0.1, 0.15) is 0 Å². The Bertz CT molecular complexity index is 3850. The van der Waals surface area contributed by atoms with E-state index >= 15 is 0 Å². The zero-order chi connectivity index (χ0) is 57.4. The lowest BCUT2D eigenvalue weighted by Gasteiger charge is -2.37. The zero-order valence-electron chi connectivity index (χ0n) is 50.4. The first-order valence-corrected chi connectivity index (χ1v) is 29.5. The number of anilines is 9. The van der Waals surface area contributed by atoms with Gasteiger partial charge in [0.15, 0.2) is 0 Å². The predicted octanol–water partition coefficient (Wildman–Crippen LogP) is 18.9. The third-order valence-corrected chi connectivity index (χ3v) is 17.6.